The Morgan fingerprint density at radius 1 is 1.46 bits per heavy atom. The van der Waals surface area contributed by atoms with Gasteiger partial charge < -0.3 is 4.52 Å². The summed E-state index contributed by atoms with van der Waals surface area (Å²) in [5, 5.41) is 13.3. The summed E-state index contributed by atoms with van der Waals surface area (Å²) in [7, 11) is 0. The summed E-state index contributed by atoms with van der Waals surface area (Å²) in [5.74, 6) is 0.439. The van der Waals surface area contributed by atoms with E-state index < -0.39 is 12.7 Å². The molecule has 1 aromatic rings. The van der Waals surface area contributed by atoms with Crippen molar-refractivity contribution in [2.24, 2.45) is 5.10 Å². The topological polar surface area (TPSA) is 92.0 Å². The van der Waals surface area contributed by atoms with E-state index in [9.17, 15) is 9.36 Å². The molecule has 24 heavy (non-hydrogen) atoms. The number of carbonyl (C=O) groups excluding carboxylic acids is 1. The Balaban J connectivity index is 3.04. The third kappa shape index (κ3) is 6.36. The second kappa shape index (κ2) is 10.1. The van der Waals surface area contributed by atoms with Crippen molar-refractivity contribution in [3.05, 3.63) is 29.8 Å². The molecule has 0 fully saturated rings. The predicted molar refractivity (Wildman–Crippen MR) is 94.8 cm³/mol. The van der Waals surface area contributed by atoms with Gasteiger partial charge in [-0.3, -0.25) is 9.32 Å². The third-order valence-corrected chi connectivity index (χ3v) is 6.51. The molecule has 0 N–H and O–H groups in total. The van der Waals surface area contributed by atoms with E-state index in [1.54, 1.807) is 37.4 Å². The fraction of sp³-hybridized carbons (Fsp3) is 0.400. The Hall–Kier alpha value is -1.81. The average Bonchev–Trinajstić information content (AvgIpc) is 2.55. The molecule has 0 saturated heterocycles. The standard InChI is InChI=1S/C15H20N3O4PS/c1-4-10-24-23(20,21-5-2)22-15-9-7-6-8-14(15)11-17-18(12-16)13(3)19/h6-9,11H,4-5,10H2,1-3H3. The van der Waals surface area contributed by atoms with Crippen LogP contribution in [0.4, 0.5) is 0 Å². The molecule has 0 aliphatic heterocycles. The normalized spacial score (nSPS) is 13.2. The van der Waals surface area contributed by atoms with Gasteiger partial charge in [0, 0.05) is 18.2 Å². The molecular formula is C15H20N3O4PS. The van der Waals surface area contributed by atoms with Crippen LogP contribution in [0.25, 0.3) is 0 Å². The van der Waals surface area contributed by atoms with Crippen LogP contribution in [0.2, 0.25) is 0 Å². The highest BCUT2D eigenvalue weighted by molar-refractivity contribution is 8.55. The molecule has 0 radical (unpaired) electrons. The Morgan fingerprint density at radius 3 is 2.75 bits per heavy atom. The van der Waals surface area contributed by atoms with Crippen molar-refractivity contribution in [2.45, 2.75) is 27.2 Å². The minimum atomic E-state index is -3.35. The van der Waals surface area contributed by atoms with E-state index in [0.717, 1.165) is 17.8 Å². The summed E-state index contributed by atoms with van der Waals surface area (Å²) in [6.07, 6.45) is 3.79. The van der Waals surface area contributed by atoms with Crippen LogP contribution in [0, 0.1) is 11.5 Å². The molecule has 1 unspecified atom stereocenters. The molecule has 7 nitrogen and oxygen atoms in total. The lowest BCUT2D eigenvalue weighted by Gasteiger charge is -2.18. The summed E-state index contributed by atoms with van der Waals surface area (Å²) in [6.45, 7) is 1.86. The Bertz CT molecular complexity index is 675. The van der Waals surface area contributed by atoms with Crippen LogP contribution in [0.5, 0.6) is 5.75 Å². The molecule has 0 bridgehead atoms. The van der Waals surface area contributed by atoms with E-state index >= 15 is 0 Å². The summed E-state index contributed by atoms with van der Waals surface area (Å²) < 4.78 is 23.7. The molecule has 0 spiro atoms. The predicted octanol–water partition coefficient (Wildman–Crippen LogP) is 4.02. The first-order valence-corrected chi connectivity index (χ1v) is 10.5. The van der Waals surface area contributed by atoms with Crippen molar-refractivity contribution in [2.75, 3.05) is 12.4 Å². The largest absolute Gasteiger partial charge is 0.440 e. The second-order valence-corrected chi connectivity index (χ2v) is 8.62. The van der Waals surface area contributed by atoms with Gasteiger partial charge in [0.2, 0.25) is 6.19 Å². The van der Waals surface area contributed by atoms with Gasteiger partial charge >= 0.3 is 6.80 Å². The second-order valence-electron chi connectivity index (χ2n) is 4.50. The zero-order chi connectivity index (χ0) is 18.0. The van der Waals surface area contributed by atoms with Crippen molar-refractivity contribution in [1.82, 2.24) is 5.01 Å². The van der Waals surface area contributed by atoms with Crippen molar-refractivity contribution in [3.8, 4) is 11.9 Å². The number of carbonyl (C=O) groups is 1. The third-order valence-electron chi connectivity index (χ3n) is 2.58. The number of benzene rings is 1. The SMILES string of the molecule is CCCSP(=O)(OCC)Oc1ccccc1C=NN(C#N)C(C)=O. The zero-order valence-electron chi connectivity index (χ0n) is 13.8. The van der Waals surface area contributed by atoms with Crippen LogP contribution in [0.15, 0.2) is 29.4 Å². The van der Waals surface area contributed by atoms with Crippen molar-refractivity contribution in [3.63, 3.8) is 0 Å². The van der Waals surface area contributed by atoms with E-state index in [0.29, 0.717) is 22.1 Å². The van der Waals surface area contributed by atoms with Crippen molar-refractivity contribution >= 4 is 30.3 Å². The molecule has 9 heteroatoms. The van der Waals surface area contributed by atoms with Gasteiger partial charge in [-0.15, -0.1) is 5.01 Å². The van der Waals surface area contributed by atoms with E-state index in [1.165, 1.54) is 13.1 Å². The highest BCUT2D eigenvalue weighted by Gasteiger charge is 2.27. The van der Waals surface area contributed by atoms with Crippen molar-refractivity contribution < 1.29 is 18.4 Å². The average molecular weight is 369 g/mol. The van der Waals surface area contributed by atoms with E-state index in [1.807, 2.05) is 6.92 Å². The summed E-state index contributed by atoms with van der Waals surface area (Å²) in [6, 6.07) is 6.77. The van der Waals surface area contributed by atoms with Crippen LogP contribution in [0.1, 0.15) is 32.8 Å². The van der Waals surface area contributed by atoms with Crippen LogP contribution in [0.3, 0.4) is 0 Å². The lowest BCUT2D eigenvalue weighted by Crippen LogP contribution is -2.16. The molecule has 130 valence electrons. The molecule has 0 aliphatic rings. The number of hydrogen-bond acceptors (Lipinski definition) is 7. The van der Waals surface area contributed by atoms with Crippen molar-refractivity contribution in [1.29, 1.82) is 5.26 Å². The van der Waals surface area contributed by atoms with Gasteiger partial charge in [-0.25, -0.2) is 4.57 Å². The number of para-hydroxylation sites is 1. The minimum absolute atomic E-state index is 0.261. The summed E-state index contributed by atoms with van der Waals surface area (Å²) in [5.41, 5.74) is 0.482. The first-order valence-electron chi connectivity index (χ1n) is 7.38. The highest BCUT2D eigenvalue weighted by atomic mass is 32.7. The number of amides is 1. The van der Waals surface area contributed by atoms with Gasteiger partial charge in [0.05, 0.1) is 12.8 Å². The molecule has 1 aromatic carbocycles. The highest BCUT2D eigenvalue weighted by Crippen LogP contribution is 2.60. The van der Waals surface area contributed by atoms with E-state index in [-0.39, 0.29) is 6.61 Å². The Kier molecular flexibility index (Phi) is 8.55. The lowest BCUT2D eigenvalue weighted by molar-refractivity contribution is -0.125. The molecule has 1 rings (SSSR count). The van der Waals surface area contributed by atoms with Gasteiger partial charge in [-0.1, -0.05) is 19.1 Å². The maximum absolute atomic E-state index is 12.8. The Morgan fingerprint density at radius 2 is 2.17 bits per heavy atom. The first kappa shape index (κ1) is 20.2. The van der Waals surface area contributed by atoms with E-state index in [4.69, 9.17) is 14.3 Å². The maximum atomic E-state index is 12.8. The molecular weight excluding hydrogens is 349 g/mol. The number of hydrazone groups is 1. The van der Waals surface area contributed by atoms with Crippen LogP contribution in [-0.2, 0) is 13.9 Å². The molecule has 1 atom stereocenters. The number of nitrogens with zero attached hydrogens (tertiary/aromatic N) is 3. The minimum Gasteiger partial charge on any atom is -0.416 e. The van der Waals surface area contributed by atoms with Gasteiger partial charge in [-0.2, -0.15) is 10.4 Å². The smallest absolute Gasteiger partial charge is 0.416 e. The van der Waals surface area contributed by atoms with Gasteiger partial charge in [0.1, 0.15) is 5.75 Å². The quantitative estimate of drug-likeness (QED) is 0.215. The van der Waals surface area contributed by atoms with Gasteiger partial charge in [0.15, 0.2) is 0 Å². The number of rotatable bonds is 9. The monoisotopic (exact) mass is 369 g/mol. The fourth-order valence-corrected chi connectivity index (χ4v) is 5.01. The molecule has 1 amide bonds. The molecule has 0 saturated carbocycles. The lowest BCUT2D eigenvalue weighted by atomic mass is 10.2. The van der Waals surface area contributed by atoms with Gasteiger partial charge in [0.25, 0.3) is 5.91 Å². The Labute approximate surface area is 145 Å². The van der Waals surface area contributed by atoms with E-state index in [2.05, 4.69) is 5.10 Å². The molecule has 0 heterocycles. The van der Waals surface area contributed by atoms with Crippen LogP contribution >= 0.6 is 18.2 Å². The first-order chi connectivity index (χ1) is 11.5. The zero-order valence-corrected chi connectivity index (χ0v) is 15.5. The fourth-order valence-electron chi connectivity index (χ4n) is 1.54. The van der Waals surface area contributed by atoms with Gasteiger partial charge in [-0.05, 0) is 36.9 Å². The van der Waals surface area contributed by atoms with Crippen LogP contribution in [-0.4, -0.2) is 29.5 Å². The summed E-state index contributed by atoms with van der Waals surface area (Å²) >= 11 is 1.14. The number of hydrogen-bond donors (Lipinski definition) is 0. The molecule has 0 aromatic heterocycles. The summed E-state index contributed by atoms with van der Waals surface area (Å²) in [4.78, 5) is 11.2. The maximum Gasteiger partial charge on any atom is 0.440 e. The molecule has 0 aliphatic carbocycles. The van der Waals surface area contributed by atoms with Crippen LogP contribution < -0.4 is 4.52 Å². The number of nitriles is 1.